The Morgan fingerprint density at radius 1 is 0.944 bits per heavy atom. The van der Waals surface area contributed by atoms with Crippen LogP contribution in [0.1, 0.15) is 24.5 Å². The predicted octanol–water partition coefficient (Wildman–Crippen LogP) is 4.35. The van der Waals surface area contributed by atoms with Gasteiger partial charge in [0.25, 0.3) is 10.0 Å². The Morgan fingerprint density at radius 2 is 1.56 bits per heavy atom. The minimum absolute atomic E-state index is 0.0831. The summed E-state index contributed by atoms with van der Waals surface area (Å²) in [6, 6.07) is 21.9. The van der Waals surface area contributed by atoms with Gasteiger partial charge in [-0.15, -0.1) is 0 Å². The van der Waals surface area contributed by atoms with Crippen molar-refractivity contribution in [3.63, 3.8) is 0 Å². The van der Waals surface area contributed by atoms with Gasteiger partial charge in [0.2, 0.25) is 11.8 Å². The predicted molar refractivity (Wildman–Crippen MR) is 150 cm³/mol. The number of hydrogen-bond acceptors (Lipinski definition) is 4. The van der Waals surface area contributed by atoms with Crippen LogP contribution in [0.15, 0.2) is 83.8 Å². The molecule has 0 aliphatic rings. The average molecular weight is 620 g/mol. The number of amides is 2. The van der Waals surface area contributed by atoms with E-state index in [9.17, 15) is 18.0 Å². The van der Waals surface area contributed by atoms with Gasteiger partial charge in [-0.1, -0.05) is 55.0 Å². The van der Waals surface area contributed by atoms with E-state index in [4.69, 9.17) is 0 Å². The molecule has 0 spiro atoms. The Labute approximate surface area is 226 Å². The molecule has 0 aliphatic heterocycles. The van der Waals surface area contributed by atoms with Gasteiger partial charge >= 0.3 is 0 Å². The van der Waals surface area contributed by atoms with Crippen LogP contribution in [-0.2, 0) is 26.2 Å². The number of halogens is 1. The zero-order valence-electron chi connectivity index (χ0n) is 20.5. The van der Waals surface area contributed by atoms with Crippen molar-refractivity contribution in [3.8, 4) is 0 Å². The number of aryl methyl sites for hydroxylation is 1. The third kappa shape index (κ3) is 6.64. The molecule has 3 rings (SSSR count). The number of benzene rings is 3. The van der Waals surface area contributed by atoms with Gasteiger partial charge in [0, 0.05) is 17.2 Å². The number of carbonyl (C=O) groups is 2. The molecule has 0 saturated heterocycles. The van der Waals surface area contributed by atoms with Gasteiger partial charge in [-0.05, 0) is 77.9 Å². The fourth-order valence-electron chi connectivity index (χ4n) is 3.83. The van der Waals surface area contributed by atoms with Crippen LogP contribution in [0.2, 0.25) is 0 Å². The first-order valence-corrected chi connectivity index (χ1v) is 14.1. The van der Waals surface area contributed by atoms with E-state index in [2.05, 4.69) is 27.9 Å². The summed E-state index contributed by atoms with van der Waals surface area (Å²) in [6.45, 7) is 3.53. The second-order valence-electron chi connectivity index (χ2n) is 8.35. The maximum Gasteiger partial charge on any atom is 0.264 e. The summed E-state index contributed by atoms with van der Waals surface area (Å²) in [7, 11) is -2.52. The standard InChI is InChI=1S/C27H30IN3O4S/c1-4-25(27(33)29-3)30(18-21-12-10-20(2)11-13-21)26(32)19-31(23-16-14-22(28)15-17-23)36(34,35)24-8-6-5-7-9-24/h5-17,25H,4,18-19H2,1-3H3,(H,29,33)/t25-/m0/s1. The largest absolute Gasteiger partial charge is 0.357 e. The molecule has 0 saturated carbocycles. The van der Waals surface area contributed by atoms with E-state index < -0.39 is 28.5 Å². The second-order valence-corrected chi connectivity index (χ2v) is 11.5. The lowest BCUT2D eigenvalue weighted by Gasteiger charge is -2.33. The van der Waals surface area contributed by atoms with E-state index in [0.717, 1.165) is 19.0 Å². The molecule has 3 aromatic carbocycles. The van der Waals surface area contributed by atoms with E-state index in [0.29, 0.717) is 12.1 Å². The summed E-state index contributed by atoms with van der Waals surface area (Å²) in [6.07, 6.45) is 0.381. The monoisotopic (exact) mass is 619 g/mol. The number of rotatable bonds is 10. The maximum atomic E-state index is 13.8. The highest BCUT2D eigenvalue weighted by atomic mass is 127. The highest BCUT2D eigenvalue weighted by Gasteiger charge is 2.33. The number of carbonyl (C=O) groups excluding carboxylic acids is 2. The summed E-state index contributed by atoms with van der Waals surface area (Å²) in [5.74, 6) is -0.770. The van der Waals surface area contributed by atoms with Gasteiger partial charge in [-0.3, -0.25) is 13.9 Å². The summed E-state index contributed by atoms with van der Waals surface area (Å²) in [4.78, 5) is 28.1. The quantitative estimate of drug-likeness (QED) is 0.342. The lowest BCUT2D eigenvalue weighted by atomic mass is 10.1. The minimum Gasteiger partial charge on any atom is -0.357 e. The van der Waals surface area contributed by atoms with E-state index >= 15 is 0 Å². The van der Waals surface area contributed by atoms with Crippen molar-refractivity contribution in [1.29, 1.82) is 0 Å². The normalized spacial score (nSPS) is 12.0. The molecule has 2 amide bonds. The van der Waals surface area contributed by atoms with Gasteiger partial charge in [-0.25, -0.2) is 8.42 Å². The number of anilines is 1. The van der Waals surface area contributed by atoms with Crippen LogP contribution in [-0.4, -0.2) is 44.8 Å². The van der Waals surface area contributed by atoms with Gasteiger partial charge in [0.1, 0.15) is 12.6 Å². The fourth-order valence-corrected chi connectivity index (χ4v) is 5.63. The first kappa shape index (κ1) is 27.7. The summed E-state index contributed by atoms with van der Waals surface area (Å²) in [5, 5.41) is 2.63. The first-order chi connectivity index (χ1) is 17.2. The maximum absolute atomic E-state index is 13.8. The van der Waals surface area contributed by atoms with Gasteiger partial charge in [0.05, 0.1) is 10.6 Å². The molecule has 1 N–H and O–H groups in total. The number of nitrogens with zero attached hydrogens (tertiary/aromatic N) is 2. The molecule has 36 heavy (non-hydrogen) atoms. The topological polar surface area (TPSA) is 86.8 Å². The van der Waals surface area contributed by atoms with Crippen LogP contribution in [0, 0.1) is 10.5 Å². The zero-order chi connectivity index (χ0) is 26.3. The van der Waals surface area contributed by atoms with Crippen molar-refractivity contribution < 1.29 is 18.0 Å². The summed E-state index contributed by atoms with van der Waals surface area (Å²) >= 11 is 2.14. The smallest absolute Gasteiger partial charge is 0.264 e. The van der Waals surface area contributed by atoms with Crippen molar-refractivity contribution in [2.45, 2.75) is 37.8 Å². The van der Waals surface area contributed by atoms with E-state index in [1.165, 1.54) is 24.1 Å². The fraction of sp³-hybridized carbons (Fsp3) is 0.259. The Bertz CT molecular complexity index is 1280. The number of hydrogen-bond donors (Lipinski definition) is 1. The molecule has 0 aromatic heterocycles. The Kier molecular flexibility index (Phi) is 9.49. The molecule has 0 unspecified atom stereocenters. The minimum atomic E-state index is -4.05. The lowest BCUT2D eigenvalue weighted by Crippen LogP contribution is -2.51. The van der Waals surface area contributed by atoms with Crippen LogP contribution in [0.25, 0.3) is 0 Å². The van der Waals surface area contributed by atoms with Crippen molar-refractivity contribution >= 4 is 50.1 Å². The Morgan fingerprint density at radius 3 is 2.11 bits per heavy atom. The third-order valence-corrected chi connectivity index (χ3v) is 8.34. The van der Waals surface area contributed by atoms with Gasteiger partial charge < -0.3 is 10.2 Å². The van der Waals surface area contributed by atoms with Crippen molar-refractivity contribution in [3.05, 3.63) is 93.6 Å². The summed E-state index contributed by atoms with van der Waals surface area (Å²) in [5.41, 5.74) is 2.30. The van der Waals surface area contributed by atoms with Gasteiger partial charge in [-0.2, -0.15) is 0 Å². The molecular weight excluding hydrogens is 589 g/mol. The Balaban J connectivity index is 2.03. The van der Waals surface area contributed by atoms with E-state index in [-0.39, 0.29) is 17.3 Å². The van der Waals surface area contributed by atoms with Crippen molar-refractivity contribution in [1.82, 2.24) is 10.2 Å². The molecule has 0 fully saturated rings. The highest BCUT2D eigenvalue weighted by molar-refractivity contribution is 14.1. The molecule has 0 radical (unpaired) electrons. The van der Waals surface area contributed by atoms with Crippen LogP contribution < -0.4 is 9.62 Å². The average Bonchev–Trinajstić information content (AvgIpc) is 2.89. The number of likely N-dealkylation sites (N-methyl/N-ethyl adjacent to an activating group) is 1. The van der Waals surface area contributed by atoms with Crippen molar-refractivity contribution in [2.75, 3.05) is 17.9 Å². The van der Waals surface area contributed by atoms with E-state index in [1.54, 1.807) is 42.5 Å². The molecule has 3 aromatic rings. The Hall–Kier alpha value is -2.92. The van der Waals surface area contributed by atoms with Crippen LogP contribution in [0.3, 0.4) is 0 Å². The highest BCUT2D eigenvalue weighted by Crippen LogP contribution is 2.25. The lowest BCUT2D eigenvalue weighted by molar-refractivity contribution is -0.140. The molecular formula is C27H30IN3O4S. The van der Waals surface area contributed by atoms with Crippen LogP contribution in [0.5, 0.6) is 0 Å². The van der Waals surface area contributed by atoms with Crippen LogP contribution >= 0.6 is 22.6 Å². The SMILES string of the molecule is CC[C@@H](C(=O)NC)N(Cc1ccc(C)cc1)C(=O)CN(c1ccc(I)cc1)S(=O)(=O)c1ccccc1. The summed E-state index contributed by atoms with van der Waals surface area (Å²) < 4.78 is 29.4. The second kappa shape index (κ2) is 12.4. The molecule has 0 bridgehead atoms. The number of sulfonamides is 1. The molecule has 1 atom stereocenters. The van der Waals surface area contributed by atoms with Crippen LogP contribution in [0.4, 0.5) is 5.69 Å². The molecule has 7 nitrogen and oxygen atoms in total. The van der Waals surface area contributed by atoms with E-state index in [1.807, 2.05) is 38.1 Å². The van der Waals surface area contributed by atoms with Gasteiger partial charge in [0.15, 0.2) is 0 Å². The number of nitrogens with one attached hydrogen (secondary N) is 1. The molecule has 0 aliphatic carbocycles. The zero-order valence-corrected chi connectivity index (χ0v) is 23.5. The van der Waals surface area contributed by atoms with Crippen molar-refractivity contribution in [2.24, 2.45) is 0 Å². The first-order valence-electron chi connectivity index (χ1n) is 11.6. The molecule has 0 heterocycles. The molecule has 9 heteroatoms. The third-order valence-electron chi connectivity index (χ3n) is 5.83. The molecule has 190 valence electrons.